The van der Waals surface area contributed by atoms with Crippen LogP contribution in [0.3, 0.4) is 0 Å². The summed E-state index contributed by atoms with van der Waals surface area (Å²) in [7, 11) is 1.75. The van der Waals surface area contributed by atoms with Gasteiger partial charge in [-0.1, -0.05) is 35.0 Å². The number of halogens is 4. The fourth-order valence-electron chi connectivity index (χ4n) is 2.23. The Hall–Kier alpha value is -2.16. The molecule has 0 aliphatic carbocycles. The third-order valence-electron chi connectivity index (χ3n) is 3.55. The van der Waals surface area contributed by atoms with Gasteiger partial charge < -0.3 is 9.88 Å². The number of nitrogens with zero attached hydrogens (tertiary/aromatic N) is 3. The quantitative estimate of drug-likeness (QED) is 0.593. The van der Waals surface area contributed by atoms with E-state index in [1.165, 1.54) is 0 Å². The van der Waals surface area contributed by atoms with E-state index < -0.39 is 17.5 Å². The standard InChI is InChI=1S/C17H12Cl2F2N4OS/c1-25-16(9-2-4-11(18)12(19)6-9)23-24-17(25)27-8-15(26)22-14-5-3-10(20)7-13(14)21/h2-7H,8H2,1H3,(H,22,26). The Morgan fingerprint density at radius 3 is 2.63 bits per heavy atom. The van der Waals surface area contributed by atoms with Gasteiger partial charge in [0.25, 0.3) is 0 Å². The van der Waals surface area contributed by atoms with Crippen molar-refractivity contribution < 1.29 is 13.6 Å². The van der Waals surface area contributed by atoms with E-state index in [2.05, 4.69) is 15.5 Å². The Kier molecular flexibility index (Phi) is 5.98. The first-order valence-electron chi connectivity index (χ1n) is 7.57. The first-order chi connectivity index (χ1) is 12.8. The van der Waals surface area contributed by atoms with Crippen LogP contribution in [0.25, 0.3) is 11.4 Å². The molecule has 10 heteroatoms. The van der Waals surface area contributed by atoms with Gasteiger partial charge in [-0.2, -0.15) is 0 Å². The van der Waals surface area contributed by atoms with E-state index in [0.717, 1.165) is 29.5 Å². The molecule has 1 N–H and O–H groups in total. The van der Waals surface area contributed by atoms with Crippen molar-refractivity contribution in [2.24, 2.45) is 7.05 Å². The predicted octanol–water partition coefficient (Wildman–Crippen LogP) is 4.80. The number of nitrogens with one attached hydrogen (secondary N) is 1. The molecule has 0 saturated heterocycles. The molecular formula is C17H12Cl2F2N4OS. The van der Waals surface area contributed by atoms with Crippen molar-refractivity contribution in [2.75, 3.05) is 11.1 Å². The highest BCUT2D eigenvalue weighted by molar-refractivity contribution is 7.99. The van der Waals surface area contributed by atoms with Crippen LogP contribution in [0.4, 0.5) is 14.5 Å². The van der Waals surface area contributed by atoms with Gasteiger partial charge in [0.2, 0.25) is 5.91 Å². The summed E-state index contributed by atoms with van der Waals surface area (Å²) in [6, 6.07) is 8.03. The minimum atomic E-state index is -0.839. The van der Waals surface area contributed by atoms with Crippen molar-refractivity contribution in [3.63, 3.8) is 0 Å². The second kappa shape index (κ2) is 8.24. The maximum Gasteiger partial charge on any atom is 0.234 e. The van der Waals surface area contributed by atoms with Crippen LogP contribution in [0.5, 0.6) is 0 Å². The van der Waals surface area contributed by atoms with E-state index in [1.807, 2.05) is 0 Å². The SMILES string of the molecule is Cn1c(SCC(=O)Nc2ccc(F)cc2F)nnc1-c1ccc(Cl)c(Cl)c1. The van der Waals surface area contributed by atoms with Gasteiger partial charge in [-0.05, 0) is 30.3 Å². The maximum atomic E-state index is 13.6. The number of carbonyl (C=O) groups excluding carboxylic acids is 1. The van der Waals surface area contributed by atoms with Crippen molar-refractivity contribution in [3.05, 3.63) is 58.1 Å². The fraction of sp³-hybridized carbons (Fsp3) is 0.118. The van der Waals surface area contributed by atoms with Crippen LogP contribution in [0.15, 0.2) is 41.6 Å². The van der Waals surface area contributed by atoms with Crippen LogP contribution in [0, 0.1) is 11.6 Å². The third kappa shape index (κ3) is 4.58. The topological polar surface area (TPSA) is 59.8 Å². The normalized spacial score (nSPS) is 10.9. The highest BCUT2D eigenvalue weighted by Gasteiger charge is 2.15. The van der Waals surface area contributed by atoms with Gasteiger partial charge in [-0.25, -0.2) is 8.78 Å². The monoisotopic (exact) mass is 428 g/mol. The smallest absolute Gasteiger partial charge is 0.234 e. The van der Waals surface area contributed by atoms with E-state index >= 15 is 0 Å². The van der Waals surface area contributed by atoms with Crippen LogP contribution in [-0.4, -0.2) is 26.4 Å². The van der Waals surface area contributed by atoms with Crippen molar-refractivity contribution in [1.82, 2.24) is 14.8 Å². The Bertz CT molecular complexity index is 1010. The molecule has 0 unspecified atom stereocenters. The van der Waals surface area contributed by atoms with Crippen molar-refractivity contribution >= 4 is 46.6 Å². The van der Waals surface area contributed by atoms with E-state index in [4.69, 9.17) is 23.2 Å². The molecule has 0 radical (unpaired) electrons. The number of amides is 1. The number of hydrogen-bond acceptors (Lipinski definition) is 4. The van der Waals surface area contributed by atoms with Gasteiger partial charge >= 0.3 is 0 Å². The first kappa shape index (κ1) is 19.6. The average Bonchev–Trinajstić information content (AvgIpc) is 2.99. The Balaban J connectivity index is 1.67. The van der Waals surface area contributed by atoms with Crippen LogP contribution in [-0.2, 0) is 11.8 Å². The van der Waals surface area contributed by atoms with E-state index in [0.29, 0.717) is 27.1 Å². The molecule has 3 aromatic rings. The highest BCUT2D eigenvalue weighted by atomic mass is 35.5. The molecule has 2 aromatic carbocycles. The molecule has 0 atom stereocenters. The van der Waals surface area contributed by atoms with Gasteiger partial charge in [0, 0.05) is 18.7 Å². The minimum Gasteiger partial charge on any atom is -0.323 e. The molecule has 5 nitrogen and oxygen atoms in total. The summed E-state index contributed by atoms with van der Waals surface area (Å²) in [6.07, 6.45) is 0. The summed E-state index contributed by atoms with van der Waals surface area (Å²) in [5.74, 6) is -1.47. The molecule has 0 aliphatic heterocycles. The lowest BCUT2D eigenvalue weighted by molar-refractivity contribution is -0.113. The third-order valence-corrected chi connectivity index (χ3v) is 5.31. The highest BCUT2D eigenvalue weighted by Crippen LogP contribution is 2.29. The van der Waals surface area contributed by atoms with Crippen LogP contribution < -0.4 is 5.32 Å². The zero-order chi connectivity index (χ0) is 19.6. The predicted molar refractivity (Wildman–Crippen MR) is 102 cm³/mol. The lowest BCUT2D eigenvalue weighted by Gasteiger charge is -2.07. The summed E-state index contributed by atoms with van der Waals surface area (Å²) in [5, 5.41) is 11.9. The van der Waals surface area contributed by atoms with Gasteiger partial charge in [0.15, 0.2) is 11.0 Å². The minimum absolute atomic E-state index is 0.0236. The lowest BCUT2D eigenvalue weighted by atomic mass is 10.2. The van der Waals surface area contributed by atoms with E-state index in [9.17, 15) is 13.6 Å². The number of hydrogen-bond donors (Lipinski definition) is 1. The van der Waals surface area contributed by atoms with Crippen LogP contribution in [0.2, 0.25) is 10.0 Å². The number of rotatable bonds is 5. The molecule has 140 valence electrons. The molecule has 0 aliphatic rings. The summed E-state index contributed by atoms with van der Waals surface area (Å²) >= 11 is 13.1. The number of thioether (sulfide) groups is 1. The number of benzene rings is 2. The fourth-order valence-corrected chi connectivity index (χ4v) is 3.24. The first-order valence-corrected chi connectivity index (χ1v) is 9.32. The van der Waals surface area contributed by atoms with Gasteiger partial charge in [0.1, 0.15) is 11.6 Å². The Morgan fingerprint density at radius 1 is 1.15 bits per heavy atom. The molecule has 1 aromatic heterocycles. The number of carbonyl (C=O) groups is 1. The molecule has 0 saturated carbocycles. The van der Waals surface area contributed by atoms with Crippen LogP contribution in [0.1, 0.15) is 0 Å². The van der Waals surface area contributed by atoms with Crippen molar-refractivity contribution in [2.45, 2.75) is 5.16 Å². The lowest BCUT2D eigenvalue weighted by Crippen LogP contribution is -2.15. The number of aromatic nitrogens is 3. The molecular weight excluding hydrogens is 417 g/mol. The van der Waals surface area contributed by atoms with Crippen molar-refractivity contribution in [3.8, 4) is 11.4 Å². The maximum absolute atomic E-state index is 13.6. The molecule has 27 heavy (non-hydrogen) atoms. The summed E-state index contributed by atoms with van der Waals surface area (Å²) in [4.78, 5) is 12.0. The molecule has 0 bridgehead atoms. The van der Waals surface area contributed by atoms with Gasteiger partial charge in [-0.3, -0.25) is 4.79 Å². The van der Waals surface area contributed by atoms with Gasteiger partial charge in [-0.15, -0.1) is 10.2 Å². The summed E-state index contributed by atoms with van der Waals surface area (Å²) in [5.41, 5.74) is 0.639. The molecule has 1 amide bonds. The zero-order valence-corrected chi connectivity index (χ0v) is 16.2. The molecule has 3 rings (SSSR count). The molecule has 1 heterocycles. The van der Waals surface area contributed by atoms with E-state index in [-0.39, 0.29) is 11.4 Å². The second-order valence-corrected chi connectivity index (χ2v) is 7.21. The average molecular weight is 429 g/mol. The number of anilines is 1. The zero-order valence-electron chi connectivity index (χ0n) is 13.8. The van der Waals surface area contributed by atoms with Crippen LogP contribution >= 0.6 is 35.0 Å². The molecule has 0 spiro atoms. The summed E-state index contributed by atoms with van der Waals surface area (Å²) < 4.78 is 28.2. The summed E-state index contributed by atoms with van der Waals surface area (Å²) in [6.45, 7) is 0. The van der Waals surface area contributed by atoms with Crippen molar-refractivity contribution in [1.29, 1.82) is 0 Å². The van der Waals surface area contributed by atoms with E-state index in [1.54, 1.807) is 29.8 Å². The Labute approximate surface area is 167 Å². The second-order valence-electron chi connectivity index (χ2n) is 5.46. The van der Waals surface area contributed by atoms with Gasteiger partial charge in [0.05, 0.1) is 21.5 Å². The molecule has 0 fully saturated rings. The largest absolute Gasteiger partial charge is 0.323 e. The Morgan fingerprint density at radius 2 is 1.93 bits per heavy atom.